The minimum atomic E-state index is -0.965. The molecule has 1 heterocycles. The molecule has 138 valence electrons. The Morgan fingerprint density at radius 1 is 1.27 bits per heavy atom. The number of aliphatic hydroxyl groups is 1. The number of nitrogens with zero attached hydrogens (tertiary/aromatic N) is 1. The first-order valence-corrected chi connectivity index (χ1v) is 9.00. The predicted octanol–water partition coefficient (Wildman–Crippen LogP) is 2.00. The van der Waals surface area contributed by atoms with Crippen molar-refractivity contribution in [3.63, 3.8) is 0 Å². The van der Waals surface area contributed by atoms with Crippen LogP contribution in [0.4, 0.5) is 0 Å². The molecule has 1 unspecified atom stereocenters. The summed E-state index contributed by atoms with van der Waals surface area (Å²) in [5, 5.41) is 11.0. The highest BCUT2D eigenvalue weighted by molar-refractivity contribution is 5.79. The molecule has 0 radical (unpaired) electrons. The minimum Gasteiger partial charge on any atom is -0.492 e. The van der Waals surface area contributed by atoms with Crippen molar-refractivity contribution in [3.8, 4) is 5.75 Å². The number of rotatable bonds is 6. The summed E-state index contributed by atoms with van der Waals surface area (Å²) in [5.41, 5.74) is 7.35. The number of β-amino-alcohol motifs (C(OH)–C–C–N with tert-alkyl or cyclic N) is 1. The van der Waals surface area contributed by atoms with Gasteiger partial charge < -0.3 is 20.5 Å². The maximum atomic E-state index is 12.7. The quantitative estimate of drug-likeness (QED) is 0.832. The number of nitrogens with two attached hydrogens (primary N) is 1. The first kappa shape index (κ1) is 18.4. The third kappa shape index (κ3) is 4.06. The normalized spacial score (nSPS) is 19.6. The Labute approximate surface area is 154 Å². The van der Waals surface area contributed by atoms with Gasteiger partial charge in [-0.15, -0.1) is 0 Å². The van der Waals surface area contributed by atoms with Gasteiger partial charge >= 0.3 is 0 Å². The van der Waals surface area contributed by atoms with Crippen LogP contribution in [0.3, 0.4) is 0 Å². The maximum absolute atomic E-state index is 12.7. The minimum absolute atomic E-state index is 0.0190. The molecule has 1 fully saturated rings. The fourth-order valence-corrected chi connectivity index (χ4v) is 3.53. The lowest BCUT2D eigenvalue weighted by molar-refractivity contribution is -0.130. The molecule has 2 aromatic rings. The van der Waals surface area contributed by atoms with E-state index in [2.05, 4.69) is 0 Å². The van der Waals surface area contributed by atoms with Gasteiger partial charge in [0, 0.05) is 13.1 Å². The number of ether oxygens (including phenoxy) is 1. The van der Waals surface area contributed by atoms with Crippen LogP contribution in [0.15, 0.2) is 48.5 Å². The van der Waals surface area contributed by atoms with Gasteiger partial charge in [0.05, 0.1) is 13.0 Å². The highest BCUT2D eigenvalue weighted by Gasteiger charge is 2.40. The predicted molar refractivity (Wildman–Crippen MR) is 101 cm³/mol. The third-order valence-electron chi connectivity index (χ3n) is 4.89. The van der Waals surface area contributed by atoms with Gasteiger partial charge in [0.1, 0.15) is 18.0 Å². The van der Waals surface area contributed by atoms with E-state index >= 15 is 0 Å². The molecular weight excluding hydrogens is 328 g/mol. The summed E-state index contributed by atoms with van der Waals surface area (Å²) < 4.78 is 5.52. The summed E-state index contributed by atoms with van der Waals surface area (Å²) in [5.74, 6) is 0.740. The summed E-state index contributed by atoms with van der Waals surface area (Å²) in [6, 6.07) is 15.3. The highest BCUT2D eigenvalue weighted by Crippen LogP contribution is 2.34. The molecule has 26 heavy (non-hydrogen) atoms. The molecule has 5 heteroatoms. The molecule has 3 rings (SSSR count). The average molecular weight is 354 g/mol. The van der Waals surface area contributed by atoms with E-state index in [-0.39, 0.29) is 5.91 Å². The molecule has 1 amide bonds. The number of aryl methyl sites for hydroxylation is 1. The SMILES string of the molecule is Cc1ccccc1C1(O)CCN(C(=O)Cc2cccc(OCCN)c2)C1. The molecule has 3 N–H and O–H groups in total. The number of carbonyl (C=O) groups excluding carboxylic acids is 1. The molecular formula is C21H26N2O3. The van der Waals surface area contributed by atoms with Crippen LogP contribution >= 0.6 is 0 Å². The van der Waals surface area contributed by atoms with Crippen LogP contribution in [0, 0.1) is 6.92 Å². The molecule has 1 aliphatic rings. The van der Waals surface area contributed by atoms with E-state index < -0.39 is 5.60 Å². The zero-order valence-corrected chi connectivity index (χ0v) is 15.1. The molecule has 0 bridgehead atoms. The molecule has 0 spiro atoms. The summed E-state index contributed by atoms with van der Waals surface area (Å²) in [6.45, 7) is 3.79. The smallest absolute Gasteiger partial charge is 0.227 e. The molecule has 1 atom stereocenters. The summed E-state index contributed by atoms with van der Waals surface area (Å²) >= 11 is 0. The highest BCUT2D eigenvalue weighted by atomic mass is 16.5. The average Bonchev–Trinajstić information content (AvgIpc) is 3.04. The van der Waals surface area contributed by atoms with Crippen LogP contribution in [-0.2, 0) is 16.8 Å². The number of benzene rings is 2. The Morgan fingerprint density at radius 2 is 2.08 bits per heavy atom. The number of amides is 1. The van der Waals surface area contributed by atoms with Crippen molar-refractivity contribution >= 4 is 5.91 Å². The standard InChI is InChI=1S/C21H26N2O3/c1-16-5-2-3-8-19(16)21(25)9-11-23(15-21)20(24)14-17-6-4-7-18(13-17)26-12-10-22/h2-8,13,25H,9-12,14-15,22H2,1H3. The fourth-order valence-electron chi connectivity index (χ4n) is 3.53. The van der Waals surface area contributed by atoms with Gasteiger partial charge in [-0.05, 0) is 42.2 Å². The molecule has 0 aliphatic carbocycles. The van der Waals surface area contributed by atoms with E-state index in [1.807, 2.05) is 55.5 Å². The number of hydrogen-bond acceptors (Lipinski definition) is 4. The Bertz CT molecular complexity index is 777. The van der Waals surface area contributed by atoms with Crippen molar-refractivity contribution in [2.24, 2.45) is 5.73 Å². The lowest BCUT2D eigenvalue weighted by Crippen LogP contribution is -2.35. The monoisotopic (exact) mass is 354 g/mol. The van der Waals surface area contributed by atoms with E-state index in [9.17, 15) is 9.90 Å². The third-order valence-corrected chi connectivity index (χ3v) is 4.89. The summed E-state index contributed by atoms with van der Waals surface area (Å²) in [6.07, 6.45) is 0.854. The Morgan fingerprint density at radius 3 is 2.85 bits per heavy atom. The van der Waals surface area contributed by atoms with Crippen LogP contribution < -0.4 is 10.5 Å². The molecule has 5 nitrogen and oxygen atoms in total. The van der Waals surface area contributed by atoms with Crippen LogP contribution in [-0.4, -0.2) is 42.2 Å². The van der Waals surface area contributed by atoms with Gasteiger partial charge in [-0.3, -0.25) is 4.79 Å². The second kappa shape index (κ2) is 7.89. The van der Waals surface area contributed by atoms with Gasteiger partial charge in [0.15, 0.2) is 0 Å². The van der Waals surface area contributed by atoms with Crippen molar-refractivity contribution in [2.75, 3.05) is 26.2 Å². The van der Waals surface area contributed by atoms with Gasteiger partial charge in [-0.1, -0.05) is 36.4 Å². The number of carbonyl (C=O) groups is 1. The molecule has 1 saturated heterocycles. The Kier molecular flexibility index (Phi) is 5.59. The molecule has 0 saturated carbocycles. The van der Waals surface area contributed by atoms with Crippen LogP contribution in [0.5, 0.6) is 5.75 Å². The van der Waals surface area contributed by atoms with E-state index in [1.54, 1.807) is 4.90 Å². The second-order valence-electron chi connectivity index (χ2n) is 6.87. The fraction of sp³-hybridized carbons (Fsp3) is 0.381. The zero-order valence-electron chi connectivity index (χ0n) is 15.1. The van der Waals surface area contributed by atoms with Gasteiger partial charge in [-0.2, -0.15) is 0 Å². The van der Waals surface area contributed by atoms with E-state index in [4.69, 9.17) is 10.5 Å². The number of hydrogen-bond donors (Lipinski definition) is 2. The van der Waals surface area contributed by atoms with Crippen molar-refractivity contribution < 1.29 is 14.6 Å². The Hall–Kier alpha value is -2.37. The first-order chi connectivity index (χ1) is 12.5. The van der Waals surface area contributed by atoms with E-state index in [0.717, 1.165) is 22.4 Å². The lowest BCUT2D eigenvalue weighted by atomic mass is 9.89. The summed E-state index contributed by atoms with van der Waals surface area (Å²) in [7, 11) is 0. The lowest BCUT2D eigenvalue weighted by Gasteiger charge is -2.25. The molecule has 1 aliphatic heterocycles. The number of likely N-dealkylation sites (tertiary alicyclic amines) is 1. The van der Waals surface area contributed by atoms with Gasteiger partial charge in [-0.25, -0.2) is 0 Å². The first-order valence-electron chi connectivity index (χ1n) is 9.00. The van der Waals surface area contributed by atoms with Crippen molar-refractivity contribution in [1.82, 2.24) is 4.90 Å². The maximum Gasteiger partial charge on any atom is 0.227 e. The van der Waals surface area contributed by atoms with Crippen LogP contribution in [0.2, 0.25) is 0 Å². The van der Waals surface area contributed by atoms with E-state index in [1.165, 1.54) is 0 Å². The molecule has 0 aromatic heterocycles. The largest absolute Gasteiger partial charge is 0.492 e. The Balaban J connectivity index is 1.66. The van der Waals surface area contributed by atoms with Crippen LogP contribution in [0.25, 0.3) is 0 Å². The molecule has 2 aromatic carbocycles. The van der Waals surface area contributed by atoms with Crippen molar-refractivity contribution in [2.45, 2.75) is 25.4 Å². The zero-order chi connectivity index (χ0) is 18.6. The van der Waals surface area contributed by atoms with Gasteiger partial charge in [0.25, 0.3) is 0 Å². The van der Waals surface area contributed by atoms with Crippen molar-refractivity contribution in [3.05, 3.63) is 65.2 Å². The van der Waals surface area contributed by atoms with Crippen LogP contribution in [0.1, 0.15) is 23.1 Å². The van der Waals surface area contributed by atoms with Crippen molar-refractivity contribution in [1.29, 1.82) is 0 Å². The topological polar surface area (TPSA) is 75.8 Å². The van der Waals surface area contributed by atoms with Gasteiger partial charge in [0.2, 0.25) is 5.91 Å². The second-order valence-corrected chi connectivity index (χ2v) is 6.87. The van der Waals surface area contributed by atoms with E-state index in [0.29, 0.717) is 39.1 Å². The summed E-state index contributed by atoms with van der Waals surface area (Å²) in [4.78, 5) is 14.4.